The lowest BCUT2D eigenvalue weighted by Crippen LogP contribution is -2.25. The third-order valence-electron chi connectivity index (χ3n) is 3.67. The van der Waals surface area contributed by atoms with Gasteiger partial charge in [0.1, 0.15) is 0 Å². The van der Waals surface area contributed by atoms with E-state index in [4.69, 9.17) is 0 Å². The first-order valence-corrected chi connectivity index (χ1v) is 7.64. The largest absolute Gasteiger partial charge is 0.416 e. The van der Waals surface area contributed by atoms with Gasteiger partial charge in [0.15, 0.2) is 5.82 Å². The zero-order chi connectivity index (χ0) is 18.7. The second kappa shape index (κ2) is 6.95. The topological polar surface area (TPSA) is 72.7 Å². The van der Waals surface area contributed by atoms with Crippen molar-refractivity contribution in [3.05, 3.63) is 71.0 Å². The van der Waals surface area contributed by atoms with Gasteiger partial charge in [0.2, 0.25) is 0 Å². The molecule has 0 atom stereocenters. The molecule has 6 nitrogen and oxygen atoms in total. The van der Waals surface area contributed by atoms with Crippen molar-refractivity contribution in [3.8, 4) is 5.69 Å². The fraction of sp³-hybridized carbons (Fsp3) is 0.176. The molecule has 0 radical (unpaired) electrons. The van der Waals surface area contributed by atoms with Crippen LogP contribution in [0.5, 0.6) is 0 Å². The van der Waals surface area contributed by atoms with Crippen LogP contribution < -0.4 is 5.32 Å². The molecule has 1 aromatic heterocycles. The number of rotatable bonds is 4. The highest BCUT2D eigenvalue weighted by Gasteiger charge is 2.30. The summed E-state index contributed by atoms with van der Waals surface area (Å²) in [5.74, 6) is -0.288. The first-order valence-electron chi connectivity index (χ1n) is 7.64. The molecule has 3 aromatic rings. The standard InChI is InChI=1S/C17H14F3N5O/c1-11-5-7-14(8-6-11)25-15(22-23-24-25)10-21-16(26)12-3-2-4-13(9-12)17(18,19)20/h2-9H,10H2,1H3,(H,21,26). The van der Waals surface area contributed by atoms with E-state index in [1.165, 1.54) is 16.8 Å². The summed E-state index contributed by atoms with van der Waals surface area (Å²) >= 11 is 0. The number of carbonyl (C=O) groups excluding carboxylic acids is 1. The van der Waals surface area contributed by atoms with E-state index in [0.717, 1.165) is 17.7 Å². The van der Waals surface area contributed by atoms with Crippen LogP contribution in [-0.2, 0) is 12.7 Å². The van der Waals surface area contributed by atoms with Gasteiger partial charge in [0.05, 0.1) is 17.8 Å². The minimum absolute atomic E-state index is 0.0318. The number of nitrogens with one attached hydrogen (secondary N) is 1. The molecule has 1 amide bonds. The van der Waals surface area contributed by atoms with Crippen LogP contribution in [0.25, 0.3) is 5.69 Å². The molecule has 0 unspecified atom stereocenters. The highest BCUT2D eigenvalue weighted by atomic mass is 19.4. The van der Waals surface area contributed by atoms with E-state index >= 15 is 0 Å². The van der Waals surface area contributed by atoms with Crippen molar-refractivity contribution in [2.45, 2.75) is 19.6 Å². The number of nitrogens with zero attached hydrogens (tertiary/aromatic N) is 4. The Morgan fingerprint density at radius 3 is 2.58 bits per heavy atom. The Morgan fingerprint density at radius 1 is 1.15 bits per heavy atom. The molecule has 0 aliphatic carbocycles. The summed E-state index contributed by atoms with van der Waals surface area (Å²) in [6.45, 7) is 1.91. The maximum Gasteiger partial charge on any atom is 0.416 e. The molecule has 26 heavy (non-hydrogen) atoms. The van der Waals surface area contributed by atoms with Crippen molar-refractivity contribution in [1.82, 2.24) is 25.5 Å². The first-order chi connectivity index (χ1) is 12.3. The van der Waals surface area contributed by atoms with E-state index in [2.05, 4.69) is 20.8 Å². The predicted octanol–water partition coefficient (Wildman–Crippen LogP) is 2.92. The van der Waals surface area contributed by atoms with Gasteiger partial charge in [0, 0.05) is 5.56 Å². The summed E-state index contributed by atoms with van der Waals surface area (Å²) in [5, 5.41) is 13.8. The number of aryl methyl sites for hydroxylation is 1. The van der Waals surface area contributed by atoms with Crippen molar-refractivity contribution >= 4 is 5.91 Å². The van der Waals surface area contributed by atoms with Crippen LogP contribution in [0.3, 0.4) is 0 Å². The molecule has 9 heteroatoms. The Balaban J connectivity index is 1.73. The number of tetrazole rings is 1. The third kappa shape index (κ3) is 3.88. The monoisotopic (exact) mass is 361 g/mol. The van der Waals surface area contributed by atoms with Crippen LogP contribution in [0.15, 0.2) is 48.5 Å². The maximum atomic E-state index is 12.7. The molecule has 0 saturated carbocycles. The van der Waals surface area contributed by atoms with Crippen LogP contribution in [0.2, 0.25) is 0 Å². The zero-order valence-corrected chi connectivity index (χ0v) is 13.7. The van der Waals surface area contributed by atoms with Crippen molar-refractivity contribution in [2.75, 3.05) is 0 Å². The smallest absolute Gasteiger partial charge is 0.345 e. The third-order valence-corrected chi connectivity index (χ3v) is 3.67. The van der Waals surface area contributed by atoms with E-state index < -0.39 is 17.6 Å². The maximum absolute atomic E-state index is 12.7. The minimum atomic E-state index is -4.51. The van der Waals surface area contributed by atoms with Gasteiger partial charge in [-0.05, 0) is 47.7 Å². The fourth-order valence-corrected chi connectivity index (χ4v) is 2.30. The minimum Gasteiger partial charge on any atom is -0.345 e. The average molecular weight is 361 g/mol. The van der Waals surface area contributed by atoms with Crippen molar-refractivity contribution in [3.63, 3.8) is 0 Å². The lowest BCUT2D eigenvalue weighted by Gasteiger charge is -2.09. The Morgan fingerprint density at radius 2 is 1.88 bits per heavy atom. The van der Waals surface area contributed by atoms with Crippen molar-refractivity contribution < 1.29 is 18.0 Å². The first kappa shape index (κ1) is 17.6. The summed E-state index contributed by atoms with van der Waals surface area (Å²) in [5.41, 5.74) is 0.814. The lowest BCUT2D eigenvalue weighted by atomic mass is 10.1. The number of hydrogen-bond acceptors (Lipinski definition) is 4. The van der Waals surface area contributed by atoms with E-state index in [0.29, 0.717) is 11.5 Å². The highest BCUT2D eigenvalue weighted by molar-refractivity contribution is 5.94. The Labute approximate surface area is 146 Å². The molecule has 0 aliphatic heterocycles. The number of benzene rings is 2. The van der Waals surface area contributed by atoms with Gasteiger partial charge in [-0.2, -0.15) is 17.9 Å². The average Bonchev–Trinajstić information content (AvgIpc) is 3.08. The van der Waals surface area contributed by atoms with Gasteiger partial charge in [-0.1, -0.05) is 23.8 Å². The molecule has 0 fully saturated rings. The van der Waals surface area contributed by atoms with Gasteiger partial charge in [-0.3, -0.25) is 4.79 Å². The molecule has 1 heterocycles. The van der Waals surface area contributed by atoms with E-state index in [9.17, 15) is 18.0 Å². The number of carbonyl (C=O) groups is 1. The van der Waals surface area contributed by atoms with Crippen molar-refractivity contribution in [2.24, 2.45) is 0 Å². The van der Waals surface area contributed by atoms with E-state index in [-0.39, 0.29) is 12.1 Å². The van der Waals surface area contributed by atoms with Gasteiger partial charge >= 0.3 is 6.18 Å². The normalized spacial score (nSPS) is 11.4. The van der Waals surface area contributed by atoms with Crippen molar-refractivity contribution in [1.29, 1.82) is 0 Å². The summed E-state index contributed by atoms with van der Waals surface area (Å²) in [4.78, 5) is 12.2. The zero-order valence-electron chi connectivity index (χ0n) is 13.7. The number of halogens is 3. The molecule has 0 spiro atoms. The number of aromatic nitrogens is 4. The number of amides is 1. The summed E-state index contributed by atoms with van der Waals surface area (Å²) in [6.07, 6.45) is -4.51. The molecule has 0 saturated heterocycles. The number of hydrogen-bond donors (Lipinski definition) is 1. The summed E-state index contributed by atoms with van der Waals surface area (Å²) < 4.78 is 39.7. The Bertz CT molecular complexity index is 919. The van der Waals surface area contributed by atoms with Crippen LogP contribution in [0.1, 0.15) is 27.3 Å². The molecular weight excluding hydrogens is 347 g/mol. The number of alkyl halides is 3. The van der Waals surface area contributed by atoms with Gasteiger partial charge in [-0.15, -0.1) is 5.10 Å². The summed E-state index contributed by atoms with van der Waals surface area (Å²) in [6, 6.07) is 11.6. The molecule has 134 valence electrons. The highest BCUT2D eigenvalue weighted by Crippen LogP contribution is 2.29. The SMILES string of the molecule is Cc1ccc(-n2nnnc2CNC(=O)c2cccc(C(F)(F)F)c2)cc1. The lowest BCUT2D eigenvalue weighted by molar-refractivity contribution is -0.137. The fourth-order valence-electron chi connectivity index (χ4n) is 2.30. The van der Waals surface area contributed by atoms with Crippen LogP contribution in [-0.4, -0.2) is 26.1 Å². The van der Waals surface area contributed by atoms with Crippen LogP contribution in [0.4, 0.5) is 13.2 Å². The molecule has 3 rings (SSSR count). The van der Waals surface area contributed by atoms with Gasteiger partial charge in [-0.25, -0.2) is 0 Å². The molecule has 0 aliphatic rings. The molecular formula is C17H14F3N5O. The molecule has 1 N–H and O–H groups in total. The molecule has 2 aromatic carbocycles. The van der Waals surface area contributed by atoms with E-state index in [1.807, 2.05) is 31.2 Å². The van der Waals surface area contributed by atoms with Gasteiger partial charge < -0.3 is 5.32 Å². The van der Waals surface area contributed by atoms with Crippen LogP contribution >= 0.6 is 0 Å². The quantitative estimate of drug-likeness (QED) is 0.776. The summed E-state index contributed by atoms with van der Waals surface area (Å²) in [7, 11) is 0. The second-order valence-electron chi connectivity index (χ2n) is 5.60. The predicted molar refractivity (Wildman–Crippen MR) is 86.5 cm³/mol. The van der Waals surface area contributed by atoms with Gasteiger partial charge in [0.25, 0.3) is 5.91 Å². The van der Waals surface area contributed by atoms with Crippen LogP contribution in [0, 0.1) is 6.92 Å². The Kier molecular flexibility index (Phi) is 4.70. The second-order valence-corrected chi connectivity index (χ2v) is 5.60. The Hall–Kier alpha value is -3.23. The molecule has 0 bridgehead atoms. The van der Waals surface area contributed by atoms with E-state index in [1.54, 1.807) is 0 Å².